The van der Waals surface area contributed by atoms with Crippen LogP contribution in [0.5, 0.6) is 0 Å². The minimum atomic E-state index is 0.522. The number of hydrogen-bond donors (Lipinski definition) is 0. The molecule has 0 saturated heterocycles. The molecule has 1 heteroatoms. The molecule has 0 aliphatic heterocycles. The van der Waals surface area contributed by atoms with E-state index in [1.165, 1.54) is 11.1 Å². The van der Waals surface area contributed by atoms with Gasteiger partial charge >= 0.3 is 0 Å². The molecule has 0 spiro atoms. The molecule has 0 fully saturated rings. The molecule has 1 unspecified atom stereocenters. The van der Waals surface area contributed by atoms with E-state index in [0.717, 1.165) is 24.0 Å². The average Bonchev–Trinajstić information content (AvgIpc) is 2.54. The van der Waals surface area contributed by atoms with Crippen LogP contribution in [0.4, 0.5) is 0 Å². The fraction of sp³-hybridized carbons (Fsp3) is 0.368. The topological polar surface area (TPSA) is 0 Å². The van der Waals surface area contributed by atoms with Crippen molar-refractivity contribution in [1.82, 2.24) is 0 Å². The van der Waals surface area contributed by atoms with E-state index in [-0.39, 0.29) is 0 Å². The predicted molar refractivity (Wildman–Crippen MR) is 86.6 cm³/mol. The van der Waals surface area contributed by atoms with Crippen molar-refractivity contribution in [3.05, 3.63) is 71.8 Å². The highest BCUT2D eigenvalue weighted by molar-refractivity contribution is 5.22. The summed E-state index contributed by atoms with van der Waals surface area (Å²) in [6, 6.07) is 22.3. The average molecular weight is 268 g/mol. The van der Waals surface area contributed by atoms with Gasteiger partial charge in [-0.25, -0.2) is 0 Å². The van der Waals surface area contributed by atoms with Crippen LogP contribution in [0.3, 0.4) is 0 Å². The minimum Gasteiger partial charge on any atom is -0.320 e. The summed E-state index contributed by atoms with van der Waals surface area (Å²) in [6.07, 6.45) is 1.10. The number of nitrogens with zero attached hydrogens (tertiary/aromatic N) is 1. The standard InChI is InChI=1S/C19H26N/c1-4-20(3,5-2)19(18-14-10-7-11-15-18)16-17-12-8-6-9-13-17/h6-15,19H,4-5,16H2,1-3H3/q+1. The molecule has 0 aliphatic carbocycles. The summed E-state index contributed by atoms with van der Waals surface area (Å²) in [5.74, 6) is 0. The first-order valence-electron chi connectivity index (χ1n) is 7.62. The molecule has 1 atom stereocenters. The van der Waals surface area contributed by atoms with E-state index in [2.05, 4.69) is 81.6 Å². The van der Waals surface area contributed by atoms with Crippen molar-refractivity contribution < 1.29 is 4.48 Å². The van der Waals surface area contributed by atoms with Crippen LogP contribution in [0.1, 0.15) is 31.0 Å². The van der Waals surface area contributed by atoms with E-state index >= 15 is 0 Å². The van der Waals surface area contributed by atoms with E-state index in [4.69, 9.17) is 0 Å². The monoisotopic (exact) mass is 268 g/mol. The van der Waals surface area contributed by atoms with E-state index in [9.17, 15) is 0 Å². The van der Waals surface area contributed by atoms with Gasteiger partial charge in [0.05, 0.1) is 20.1 Å². The lowest BCUT2D eigenvalue weighted by molar-refractivity contribution is -0.936. The van der Waals surface area contributed by atoms with Crippen LogP contribution in [-0.2, 0) is 6.42 Å². The lowest BCUT2D eigenvalue weighted by Gasteiger charge is -2.40. The maximum absolute atomic E-state index is 2.38. The van der Waals surface area contributed by atoms with Crippen LogP contribution in [0.25, 0.3) is 0 Å². The molecule has 0 bridgehead atoms. The third kappa shape index (κ3) is 3.29. The Morgan fingerprint density at radius 1 is 0.800 bits per heavy atom. The normalized spacial score (nSPS) is 13.2. The molecule has 0 saturated carbocycles. The molecule has 2 aromatic carbocycles. The zero-order chi connectivity index (χ0) is 14.4. The second-order valence-corrected chi connectivity index (χ2v) is 5.73. The van der Waals surface area contributed by atoms with Gasteiger partial charge in [-0.3, -0.25) is 0 Å². The Bertz CT molecular complexity index is 500. The van der Waals surface area contributed by atoms with Crippen LogP contribution in [0.2, 0.25) is 0 Å². The van der Waals surface area contributed by atoms with Gasteiger partial charge < -0.3 is 4.48 Å². The van der Waals surface area contributed by atoms with E-state index < -0.39 is 0 Å². The second-order valence-electron chi connectivity index (χ2n) is 5.73. The number of likely N-dealkylation sites (N-methyl/N-ethyl adjacent to an activating group) is 1. The number of benzene rings is 2. The van der Waals surface area contributed by atoms with Crippen molar-refractivity contribution in [2.75, 3.05) is 20.1 Å². The summed E-state index contributed by atoms with van der Waals surface area (Å²) in [7, 11) is 2.38. The molecule has 2 rings (SSSR count). The van der Waals surface area contributed by atoms with Crippen LogP contribution >= 0.6 is 0 Å². The quantitative estimate of drug-likeness (QED) is 0.679. The van der Waals surface area contributed by atoms with Crippen molar-refractivity contribution in [1.29, 1.82) is 0 Å². The summed E-state index contributed by atoms with van der Waals surface area (Å²) >= 11 is 0. The van der Waals surface area contributed by atoms with Gasteiger partial charge in [0.15, 0.2) is 0 Å². The Morgan fingerprint density at radius 3 is 1.80 bits per heavy atom. The van der Waals surface area contributed by atoms with Crippen molar-refractivity contribution in [2.45, 2.75) is 26.3 Å². The molecule has 106 valence electrons. The summed E-state index contributed by atoms with van der Waals surface area (Å²) in [4.78, 5) is 0. The first-order valence-corrected chi connectivity index (χ1v) is 7.62. The zero-order valence-electron chi connectivity index (χ0n) is 12.9. The molecule has 0 aromatic heterocycles. The Labute approximate surface area is 123 Å². The van der Waals surface area contributed by atoms with Crippen molar-refractivity contribution in [3.63, 3.8) is 0 Å². The maximum Gasteiger partial charge on any atom is 0.118 e. The molecule has 0 radical (unpaired) electrons. The van der Waals surface area contributed by atoms with Crippen molar-refractivity contribution >= 4 is 0 Å². The van der Waals surface area contributed by atoms with Crippen LogP contribution in [-0.4, -0.2) is 24.6 Å². The SMILES string of the molecule is CC[N+](C)(CC)C(Cc1ccccc1)c1ccccc1. The van der Waals surface area contributed by atoms with Gasteiger partial charge in [-0.15, -0.1) is 0 Å². The Morgan fingerprint density at radius 2 is 1.30 bits per heavy atom. The minimum absolute atomic E-state index is 0.522. The van der Waals surface area contributed by atoms with Crippen molar-refractivity contribution in [2.24, 2.45) is 0 Å². The van der Waals surface area contributed by atoms with Gasteiger partial charge in [-0.2, -0.15) is 0 Å². The van der Waals surface area contributed by atoms with Crippen molar-refractivity contribution in [3.8, 4) is 0 Å². The number of rotatable bonds is 6. The molecular formula is C19H26N+. The Balaban J connectivity index is 2.34. The van der Waals surface area contributed by atoms with Gasteiger partial charge in [0.1, 0.15) is 6.04 Å². The summed E-state index contributed by atoms with van der Waals surface area (Å²) in [6.45, 7) is 6.90. The molecule has 0 heterocycles. The van der Waals surface area contributed by atoms with E-state index in [1.54, 1.807) is 0 Å². The Hall–Kier alpha value is -1.60. The first-order chi connectivity index (χ1) is 9.69. The highest BCUT2D eigenvalue weighted by atomic mass is 15.3. The molecule has 2 aromatic rings. The first kappa shape index (κ1) is 14.8. The van der Waals surface area contributed by atoms with Crippen LogP contribution in [0, 0.1) is 0 Å². The zero-order valence-corrected chi connectivity index (χ0v) is 12.9. The molecule has 0 aliphatic rings. The predicted octanol–water partition coefficient (Wildman–Crippen LogP) is 4.46. The Kier molecular flexibility index (Phi) is 4.97. The highest BCUT2D eigenvalue weighted by Crippen LogP contribution is 2.30. The molecular weight excluding hydrogens is 242 g/mol. The summed E-state index contributed by atoms with van der Waals surface area (Å²) in [5.41, 5.74) is 2.87. The van der Waals surface area contributed by atoms with Gasteiger partial charge in [0, 0.05) is 12.0 Å². The molecule has 0 amide bonds. The number of hydrogen-bond acceptors (Lipinski definition) is 0. The second kappa shape index (κ2) is 6.71. The maximum atomic E-state index is 2.38. The molecule has 0 N–H and O–H groups in total. The third-order valence-corrected chi connectivity index (χ3v) is 4.65. The van der Waals surface area contributed by atoms with Crippen LogP contribution in [0.15, 0.2) is 60.7 Å². The smallest absolute Gasteiger partial charge is 0.118 e. The third-order valence-electron chi connectivity index (χ3n) is 4.65. The summed E-state index contributed by atoms with van der Waals surface area (Å²) < 4.78 is 1.08. The van der Waals surface area contributed by atoms with E-state index in [1.807, 2.05) is 0 Å². The largest absolute Gasteiger partial charge is 0.320 e. The summed E-state index contributed by atoms with van der Waals surface area (Å²) in [5, 5.41) is 0. The highest BCUT2D eigenvalue weighted by Gasteiger charge is 2.30. The molecule has 1 nitrogen and oxygen atoms in total. The van der Waals surface area contributed by atoms with Gasteiger partial charge in [-0.1, -0.05) is 60.7 Å². The lowest BCUT2D eigenvalue weighted by Crippen LogP contribution is -2.47. The van der Waals surface area contributed by atoms with E-state index in [0.29, 0.717) is 6.04 Å². The van der Waals surface area contributed by atoms with Gasteiger partial charge in [0.2, 0.25) is 0 Å². The fourth-order valence-corrected chi connectivity index (χ4v) is 2.88. The van der Waals surface area contributed by atoms with Gasteiger partial charge in [-0.05, 0) is 19.4 Å². The lowest BCUT2D eigenvalue weighted by atomic mass is 9.95. The number of quaternary nitrogens is 1. The fourth-order valence-electron chi connectivity index (χ4n) is 2.88. The van der Waals surface area contributed by atoms with Crippen LogP contribution < -0.4 is 0 Å². The molecule has 20 heavy (non-hydrogen) atoms. The van der Waals surface area contributed by atoms with Gasteiger partial charge in [0.25, 0.3) is 0 Å².